The molecule has 1 heterocycles. The van der Waals surface area contributed by atoms with Crippen molar-refractivity contribution in [1.29, 1.82) is 0 Å². The van der Waals surface area contributed by atoms with E-state index in [1.807, 2.05) is 32.0 Å². The molecule has 3 aromatic rings. The molecule has 0 saturated heterocycles. The molecule has 0 saturated carbocycles. The number of rotatable bonds is 4. The average Bonchev–Trinajstić information content (AvgIpc) is 2.90. The summed E-state index contributed by atoms with van der Waals surface area (Å²) >= 11 is 1.44. The monoisotopic (exact) mass is 353 g/mol. The highest BCUT2D eigenvalue weighted by atomic mass is 32.2. The Morgan fingerprint density at radius 2 is 1.72 bits per heavy atom. The first kappa shape index (κ1) is 16.9. The molecule has 0 amide bonds. The van der Waals surface area contributed by atoms with Crippen LogP contribution in [0.5, 0.6) is 0 Å². The SMILES string of the molecule is Cc1nn(C(=O)c2ccccc2)c(C)c1Sc1ccc([N+](=O)[O-])cc1. The van der Waals surface area contributed by atoms with Gasteiger partial charge >= 0.3 is 0 Å². The van der Waals surface area contributed by atoms with Crippen LogP contribution in [0.4, 0.5) is 5.69 Å². The smallest absolute Gasteiger partial charge is 0.267 e. The van der Waals surface area contributed by atoms with Crippen molar-refractivity contribution in [3.8, 4) is 0 Å². The van der Waals surface area contributed by atoms with Gasteiger partial charge in [0.15, 0.2) is 0 Å². The number of aryl methyl sites for hydroxylation is 1. The number of nitro groups is 1. The summed E-state index contributed by atoms with van der Waals surface area (Å²) in [6, 6.07) is 15.3. The number of nitro benzene ring substituents is 1. The Balaban J connectivity index is 1.89. The van der Waals surface area contributed by atoms with Crippen LogP contribution >= 0.6 is 11.8 Å². The summed E-state index contributed by atoms with van der Waals surface area (Å²) < 4.78 is 1.40. The molecular formula is C18H15N3O3S. The maximum absolute atomic E-state index is 12.6. The van der Waals surface area contributed by atoms with Crippen molar-refractivity contribution < 1.29 is 9.72 Å². The first-order valence-corrected chi connectivity index (χ1v) is 8.37. The predicted molar refractivity (Wildman–Crippen MR) is 95.1 cm³/mol. The van der Waals surface area contributed by atoms with Crippen molar-refractivity contribution in [2.45, 2.75) is 23.6 Å². The summed E-state index contributed by atoms with van der Waals surface area (Å²) in [7, 11) is 0. The molecule has 0 radical (unpaired) electrons. The van der Waals surface area contributed by atoms with Crippen molar-refractivity contribution in [3.05, 3.63) is 81.7 Å². The third kappa shape index (κ3) is 3.46. The lowest BCUT2D eigenvalue weighted by Crippen LogP contribution is -2.15. The lowest BCUT2D eigenvalue weighted by Gasteiger charge is -2.04. The van der Waals surface area contributed by atoms with Crippen LogP contribution in [0.2, 0.25) is 0 Å². The van der Waals surface area contributed by atoms with Crippen LogP contribution in [0, 0.1) is 24.0 Å². The summed E-state index contributed by atoms with van der Waals surface area (Å²) in [6.45, 7) is 3.68. The Kier molecular flexibility index (Phi) is 4.67. The maximum Gasteiger partial charge on any atom is 0.278 e. The molecule has 0 atom stereocenters. The van der Waals surface area contributed by atoms with Crippen molar-refractivity contribution in [2.24, 2.45) is 0 Å². The fraction of sp³-hybridized carbons (Fsp3) is 0.111. The molecule has 7 heteroatoms. The van der Waals surface area contributed by atoms with E-state index in [0.717, 1.165) is 21.2 Å². The molecule has 0 aliphatic heterocycles. The lowest BCUT2D eigenvalue weighted by molar-refractivity contribution is -0.384. The normalized spacial score (nSPS) is 10.6. The number of nitrogens with zero attached hydrogens (tertiary/aromatic N) is 3. The molecule has 0 spiro atoms. The number of carbonyl (C=O) groups is 1. The predicted octanol–water partition coefficient (Wildman–Crippen LogP) is 4.25. The van der Waals surface area contributed by atoms with E-state index in [2.05, 4.69) is 5.10 Å². The van der Waals surface area contributed by atoms with Gasteiger partial charge in [0.1, 0.15) is 0 Å². The van der Waals surface area contributed by atoms with Gasteiger partial charge in [0.05, 0.1) is 21.2 Å². The van der Waals surface area contributed by atoms with E-state index in [0.29, 0.717) is 5.56 Å². The molecule has 0 N–H and O–H groups in total. The maximum atomic E-state index is 12.6. The summed E-state index contributed by atoms with van der Waals surface area (Å²) in [5, 5.41) is 15.1. The second kappa shape index (κ2) is 6.90. The summed E-state index contributed by atoms with van der Waals surface area (Å²) in [4.78, 5) is 24.7. The zero-order valence-electron chi connectivity index (χ0n) is 13.7. The number of aromatic nitrogens is 2. The van der Waals surface area contributed by atoms with E-state index in [9.17, 15) is 14.9 Å². The van der Waals surface area contributed by atoms with Gasteiger partial charge in [-0.15, -0.1) is 0 Å². The van der Waals surface area contributed by atoms with E-state index in [1.165, 1.54) is 28.6 Å². The molecule has 0 aliphatic rings. The van der Waals surface area contributed by atoms with Crippen LogP contribution in [-0.2, 0) is 0 Å². The molecule has 1 aromatic heterocycles. The Morgan fingerprint density at radius 3 is 2.32 bits per heavy atom. The van der Waals surface area contributed by atoms with Crippen LogP contribution in [0.3, 0.4) is 0 Å². The van der Waals surface area contributed by atoms with Gasteiger partial charge in [-0.25, -0.2) is 0 Å². The van der Waals surface area contributed by atoms with Gasteiger partial charge in [-0.05, 0) is 38.1 Å². The summed E-state index contributed by atoms with van der Waals surface area (Å²) in [6.07, 6.45) is 0. The quantitative estimate of drug-likeness (QED) is 0.517. The van der Waals surface area contributed by atoms with Crippen molar-refractivity contribution in [2.75, 3.05) is 0 Å². The summed E-state index contributed by atoms with van der Waals surface area (Å²) in [5.41, 5.74) is 2.10. The molecule has 3 rings (SSSR count). The fourth-order valence-electron chi connectivity index (χ4n) is 2.43. The van der Waals surface area contributed by atoms with Gasteiger partial charge in [0.2, 0.25) is 0 Å². The molecule has 0 aliphatic carbocycles. The first-order chi connectivity index (χ1) is 12.0. The number of non-ortho nitro benzene ring substituents is 1. The average molecular weight is 353 g/mol. The van der Waals surface area contributed by atoms with E-state index in [1.54, 1.807) is 24.3 Å². The van der Waals surface area contributed by atoms with Gasteiger partial charge in [-0.1, -0.05) is 30.0 Å². The minimum atomic E-state index is -0.429. The lowest BCUT2D eigenvalue weighted by atomic mass is 10.2. The van der Waals surface area contributed by atoms with Crippen molar-refractivity contribution >= 4 is 23.4 Å². The standard InChI is InChI=1S/C18H15N3O3S/c1-12-17(25-16-10-8-15(9-11-16)21(23)24)13(2)20(19-12)18(22)14-6-4-3-5-7-14/h3-11H,1-2H3. The van der Waals surface area contributed by atoms with Gasteiger partial charge in [-0.2, -0.15) is 9.78 Å². The molecular weight excluding hydrogens is 338 g/mol. The van der Waals surface area contributed by atoms with Crippen LogP contribution in [-0.4, -0.2) is 20.6 Å². The van der Waals surface area contributed by atoms with E-state index >= 15 is 0 Å². The molecule has 0 fully saturated rings. The van der Waals surface area contributed by atoms with Crippen molar-refractivity contribution in [1.82, 2.24) is 9.78 Å². The van der Waals surface area contributed by atoms with E-state index in [-0.39, 0.29) is 11.6 Å². The molecule has 25 heavy (non-hydrogen) atoms. The second-order valence-corrected chi connectivity index (χ2v) is 6.52. The molecule has 2 aromatic carbocycles. The highest BCUT2D eigenvalue weighted by molar-refractivity contribution is 7.99. The van der Waals surface area contributed by atoms with Crippen LogP contribution in [0.25, 0.3) is 0 Å². The molecule has 0 unspecified atom stereocenters. The highest BCUT2D eigenvalue weighted by Crippen LogP contribution is 2.33. The van der Waals surface area contributed by atoms with Crippen molar-refractivity contribution in [3.63, 3.8) is 0 Å². The van der Waals surface area contributed by atoms with E-state index in [4.69, 9.17) is 0 Å². The zero-order chi connectivity index (χ0) is 18.0. The second-order valence-electron chi connectivity index (χ2n) is 5.44. The van der Waals surface area contributed by atoms with Gasteiger partial charge in [0, 0.05) is 22.6 Å². The van der Waals surface area contributed by atoms with Gasteiger partial charge in [-0.3, -0.25) is 14.9 Å². The Bertz CT molecular complexity index is 934. The molecule has 0 bridgehead atoms. The van der Waals surface area contributed by atoms with E-state index < -0.39 is 4.92 Å². The number of benzene rings is 2. The minimum Gasteiger partial charge on any atom is -0.267 e. The number of carbonyl (C=O) groups excluding carboxylic acids is 1. The topological polar surface area (TPSA) is 78.0 Å². The molecule has 6 nitrogen and oxygen atoms in total. The largest absolute Gasteiger partial charge is 0.278 e. The van der Waals surface area contributed by atoms with Crippen LogP contribution in [0.1, 0.15) is 21.7 Å². The Hall–Kier alpha value is -2.93. The van der Waals surface area contributed by atoms with Crippen LogP contribution < -0.4 is 0 Å². The Morgan fingerprint density at radius 1 is 1.08 bits per heavy atom. The Labute approximate surface area is 148 Å². The third-order valence-corrected chi connectivity index (χ3v) is 5.01. The van der Waals surface area contributed by atoms with Crippen LogP contribution in [0.15, 0.2) is 64.4 Å². The summed E-state index contributed by atoms with van der Waals surface area (Å²) in [5.74, 6) is -0.184. The van der Waals surface area contributed by atoms with Gasteiger partial charge < -0.3 is 0 Å². The molecule has 126 valence electrons. The first-order valence-electron chi connectivity index (χ1n) is 7.55. The fourth-order valence-corrected chi connectivity index (χ4v) is 3.36. The third-order valence-electron chi connectivity index (χ3n) is 3.71. The number of hydrogen-bond acceptors (Lipinski definition) is 5. The number of hydrogen-bond donors (Lipinski definition) is 0. The van der Waals surface area contributed by atoms with Gasteiger partial charge in [0.25, 0.3) is 11.6 Å². The highest BCUT2D eigenvalue weighted by Gasteiger charge is 2.19. The zero-order valence-corrected chi connectivity index (χ0v) is 14.5. The minimum absolute atomic E-state index is 0.0488.